The van der Waals surface area contributed by atoms with Gasteiger partial charge < -0.3 is 10.6 Å². The minimum absolute atomic E-state index is 0.153. The van der Waals surface area contributed by atoms with E-state index in [-0.39, 0.29) is 16.9 Å². The van der Waals surface area contributed by atoms with Crippen LogP contribution < -0.4 is 5.73 Å². The van der Waals surface area contributed by atoms with E-state index in [1.54, 1.807) is 0 Å². The summed E-state index contributed by atoms with van der Waals surface area (Å²) in [5.74, 6) is 0.266. The molecule has 0 unspecified atom stereocenters. The van der Waals surface area contributed by atoms with Crippen molar-refractivity contribution in [3.05, 3.63) is 0 Å². The second-order valence-electron chi connectivity index (χ2n) is 6.00. The van der Waals surface area contributed by atoms with E-state index in [4.69, 9.17) is 5.73 Å². The first-order valence-electron chi connectivity index (χ1n) is 6.32. The van der Waals surface area contributed by atoms with E-state index in [0.29, 0.717) is 6.54 Å². The molecule has 16 heavy (non-hydrogen) atoms. The number of amides is 1. The number of likely N-dealkylation sites (N-methyl/N-ethyl adjacent to an activating group) is 1. The summed E-state index contributed by atoms with van der Waals surface area (Å²) in [7, 11) is 1.88. The van der Waals surface area contributed by atoms with E-state index in [9.17, 15) is 4.79 Å². The molecule has 0 heterocycles. The van der Waals surface area contributed by atoms with Gasteiger partial charge in [-0.25, -0.2) is 0 Å². The molecule has 0 atom stereocenters. The van der Waals surface area contributed by atoms with Crippen molar-refractivity contribution in [2.45, 2.75) is 58.4 Å². The lowest BCUT2D eigenvalue weighted by Crippen LogP contribution is -2.54. The molecule has 3 nitrogen and oxygen atoms in total. The van der Waals surface area contributed by atoms with E-state index in [1.807, 2.05) is 25.8 Å². The second kappa shape index (κ2) is 4.74. The molecule has 2 N–H and O–H groups in total. The standard InChI is InChI=1S/C13H26N2O/c1-12(2,10-14)15(4)11(16)13(3)8-6-5-7-9-13/h5-10,14H2,1-4H3. The molecule has 0 aromatic rings. The predicted octanol–water partition coefficient (Wildman–Crippen LogP) is 2.15. The lowest BCUT2D eigenvalue weighted by atomic mass is 9.74. The van der Waals surface area contributed by atoms with E-state index in [1.165, 1.54) is 19.3 Å². The van der Waals surface area contributed by atoms with Crippen LogP contribution in [-0.4, -0.2) is 29.9 Å². The molecule has 1 fully saturated rings. The lowest BCUT2D eigenvalue weighted by molar-refractivity contribution is -0.146. The molecule has 0 aromatic carbocycles. The van der Waals surface area contributed by atoms with Gasteiger partial charge in [0.15, 0.2) is 0 Å². The fourth-order valence-corrected chi connectivity index (χ4v) is 2.36. The van der Waals surface area contributed by atoms with E-state index in [2.05, 4.69) is 6.92 Å². The maximum absolute atomic E-state index is 12.5. The van der Waals surface area contributed by atoms with Gasteiger partial charge in [0.1, 0.15) is 0 Å². The first kappa shape index (κ1) is 13.5. The zero-order chi connectivity index (χ0) is 12.4. The normalized spacial score (nSPS) is 20.6. The first-order valence-corrected chi connectivity index (χ1v) is 6.32. The number of carbonyl (C=O) groups is 1. The van der Waals surface area contributed by atoms with Crippen molar-refractivity contribution in [3.8, 4) is 0 Å². The van der Waals surface area contributed by atoms with Crippen molar-refractivity contribution in [3.63, 3.8) is 0 Å². The highest BCUT2D eigenvalue weighted by atomic mass is 16.2. The average molecular weight is 226 g/mol. The summed E-state index contributed by atoms with van der Waals surface area (Å²) in [5, 5.41) is 0. The van der Waals surface area contributed by atoms with Crippen LogP contribution in [-0.2, 0) is 4.79 Å². The van der Waals surface area contributed by atoms with Gasteiger partial charge in [0.2, 0.25) is 5.91 Å². The number of hydrogen-bond donors (Lipinski definition) is 1. The van der Waals surface area contributed by atoms with Gasteiger partial charge in [-0.1, -0.05) is 26.2 Å². The van der Waals surface area contributed by atoms with Gasteiger partial charge in [-0.2, -0.15) is 0 Å². The van der Waals surface area contributed by atoms with Gasteiger partial charge in [0.25, 0.3) is 0 Å². The minimum atomic E-state index is -0.239. The van der Waals surface area contributed by atoms with Gasteiger partial charge >= 0.3 is 0 Å². The van der Waals surface area contributed by atoms with Crippen LogP contribution in [0.2, 0.25) is 0 Å². The Hall–Kier alpha value is -0.570. The van der Waals surface area contributed by atoms with E-state index < -0.39 is 0 Å². The molecule has 0 saturated heterocycles. The van der Waals surface area contributed by atoms with Crippen molar-refractivity contribution in [2.75, 3.05) is 13.6 Å². The fraction of sp³-hybridized carbons (Fsp3) is 0.923. The van der Waals surface area contributed by atoms with Crippen LogP contribution in [0, 0.1) is 5.41 Å². The Morgan fingerprint density at radius 2 is 1.81 bits per heavy atom. The van der Waals surface area contributed by atoms with Crippen LogP contribution in [0.5, 0.6) is 0 Å². The second-order valence-corrected chi connectivity index (χ2v) is 6.00. The fourth-order valence-electron chi connectivity index (χ4n) is 2.36. The van der Waals surface area contributed by atoms with Crippen molar-refractivity contribution in [1.82, 2.24) is 4.90 Å². The molecule has 1 rings (SSSR count). The summed E-state index contributed by atoms with van der Waals surface area (Å²) < 4.78 is 0. The average Bonchev–Trinajstić information content (AvgIpc) is 2.28. The Bertz CT molecular complexity index is 255. The number of hydrogen-bond acceptors (Lipinski definition) is 2. The largest absolute Gasteiger partial charge is 0.339 e. The summed E-state index contributed by atoms with van der Waals surface area (Å²) in [6, 6.07) is 0. The van der Waals surface area contributed by atoms with Crippen LogP contribution in [0.15, 0.2) is 0 Å². The number of carbonyl (C=O) groups excluding carboxylic acids is 1. The number of nitrogens with two attached hydrogens (primary N) is 1. The zero-order valence-electron chi connectivity index (χ0n) is 11.2. The van der Waals surface area contributed by atoms with Crippen molar-refractivity contribution in [1.29, 1.82) is 0 Å². The summed E-state index contributed by atoms with van der Waals surface area (Å²) >= 11 is 0. The topological polar surface area (TPSA) is 46.3 Å². The summed E-state index contributed by atoms with van der Waals surface area (Å²) in [4.78, 5) is 14.3. The molecule has 1 amide bonds. The highest BCUT2D eigenvalue weighted by Crippen LogP contribution is 2.38. The maximum atomic E-state index is 12.5. The molecule has 1 aliphatic carbocycles. The molecular formula is C13H26N2O. The third-order valence-electron chi connectivity index (χ3n) is 4.19. The van der Waals surface area contributed by atoms with Crippen molar-refractivity contribution in [2.24, 2.45) is 11.1 Å². The lowest BCUT2D eigenvalue weighted by Gasteiger charge is -2.42. The van der Waals surface area contributed by atoms with Gasteiger partial charge in [-0.05, 0) is 26.7 Å². The van der Waals surface area contributed by atoms with Crippen molar-refractivity contribution >= 4 is 5.91 Å². The molecule has 3 heteroatoms. The Kier molecular flexibility index (Phi) is 4.00. The minimum Gasteiger partial charge on any atom is -0.339 e. The highest BCUT2D eigenvalue weighted by molar-refractivity contribution is 5.82. The molecule has 1 aliphatic rings. The quantitative estimate of drug-likeness (QED) is 0.801. The third-order valence-corrected chi connectivity index (χ3v) is 4.19. The number of nitrogens with zero attached hydrogens (tertiary/aromatic N) is 1. The van der Waals surface area contributed by atoms with Crippen LogP contribution in [0.4, 0.5) is 0 Å². The molecule has 0 aromatic heterocycles. The van der Waals surface area contributed by atoms with Gasteiger partial charge in [0, 0.05) is 24.5 Å². The Balaban J connectivity index is 2.76. The van der Waals surface area contributed by atoms with Crippen LogP contribution >= 0.6 is 0 Å². The Morgan fingerprint density at radius 1 is 1.31 bits per heavy atom. The first-order chi connectivity index (χ1) is 7.33. The Morgan fingerprint density at radius 3 is 2.25 bits per heavy atom. The van der Waals surface area contributed by atoms with Crippen molar-refractivity contribution < 1.29 is 4.79 Å². The smallest absolute Gasteiger partial charge is 0.228 e. The SMILES string of the molecule is CN(C(=O)C1(C)CCCCC1)C(C)(C)CN. The summed E-state index contributed by atoms with van der Waals surface area (Å²) in [6.07, 6.45) is 5.68. The molecule has 0 spiro atoms. The molecule has 0 aliphatic heterocycles. The van der Waals surface area contributed by atoms with Gasteiger partial charge in [-0.3, -0.25) is 4.79 Å². The van der Waals surface area contributed by atoms with Gasteiger partial charge in [-0.15, -0.1) is 0 Å². The molecule has 94 valence electrons. The third kappa shape index (κ3) is 2.57. The number of rotatable bonds is 3. The highest BCUT2D eigenvalue weighted by Gasteiger charge is 2.40. The van der Waals surface area contributed by atoms with E-state index in [0.717, 1.165) is 12.8 Å². The molecule has 0 bridgehead atoms. The zero-order valence-corrected chi connectivity index (χ0v) is 11.2. The predicted molar refractivity (Wildman–Crippen MR) is 67.1 cm³/mol. The van der Waals surface area contributed by atoms with E-state index >= 15 is 0 Å². The summed E-state index contributed by atoms with van der Waals surface area (Å²) in [5.41, 5.74) is 5.33. The monoisotopic (exact) mass is 226 g/mol. The molecule has 1 saturated carbocycles. The van der Waals surface area contributed by atoms with Gasteiger partial charge in [0.05, 0.1) is 0 Å². The Labute approximate surface area is 99.4 Å². The summed E-state index contributed by atoms with van der Waals surface area (Å²) in [6.45, 7) is 6.66. The molecular weight excluding hydrogens is 200 g/mol. The van der Waals surface area contributed by atoms with Crippen LogP contribution in [0.25, 0.3) is 0 Å². The maximum Gasteiger partial charge on any atom is 0.228 e. The van der Waals surface area contributed by atoms with Crippen LogP contribution in [0.1, 0.15) is 52.9 Å². The van der Waals surface area contributed by atoms with Crippen LogP contribution in [0.3, 0.4) is 0 Å². The molecule has 0 radical (unpaired) electrons.